The maximum absolute atomic E-state index is 11.8. The summed E-state index contributed by atoms with van der Waals surface area (Å²) in [6, 6.07) is 3.41. The van der Waals surface area contributed by atoms with Crippen LogP contribution in [0.2, 0.25) is 5.02 Å². The third-order valence-electron chi connectivity index (χ3n) is 3.54. The molecule has 0 saturated carbocycles. The standard InChI is InChI=1S/C15H20ClNO4/c1-19-14-11(3-4-17-5-7-21-8-6-17)9-12(16)10-13(14)15(18)20-2/h9-10H,3-8H2,1-2H3. The van der Waals surface area contributed by atoms with Crippen LogP contribution in [0, 0.1) is 0 Å². The van der Waals surface area contributed by atoms with Gasteiger partial charge in [0.1, 0.15) is 11.3 Å². The maximum Gasteiger partial charge on any atom is 0.341 e. The minimum Gasteiger partial charge on any atom is -0.496 e. The zero-order valence-corrected chi connectivity index (χ0v) is 13.1. The zero-order chi connectivity index (χ0) is 15.2. The number of rotatable bonds is 5. The van der Waals surface area contributed by atoms with Crippen molar-refractivity contribution in [3.05, 3.63) is 28.3 Å². The van der Waals surface area contributed by atoms with Gasteiger partial charge in [0.25, 0.3) is 0 Å². The molecule has 0 aromatic heterocycles. The monoisotopic (exact) mass is 313 g/mol. The number of carbonyl (C=O) groups excluding carboxylic acids is 1. The van der Waals surface area contributed by atoms with Crippen LogP contribution in [-0.2, 0) is 15.9 Å². The lowest BCUT2D eigenvalue weighted by molar-refractivity contribution is 0.0384. The van der Waals surface area contributed by atoms with Gasteiger partial charge >= 0.3 is 5.97 Å². The molecular formula is C15H20ClNO4. The molecule has 0 atom stereocenters. The Kier molecular flexibility index (Phi) is 5.85. The Hall–Kier alpha value is -1.30. The summed E-state index contributed by atoms with van der Waals surface area (Å²) >= 11 is 6.10. The van der Waals surface area contributed by atoms with Crippen LogP contribution in [0.15, 0.2) is 12.1 Å². The van der Waals surface area contributed by atoms with Gasteiger partial charge in [-0.3, -0.25) is 4.90 Å². The largest absolute Gasteiger partial charge is 0.496 e. The molecule has 2 rings (SSSR count). The second-order valence-electron chi connectivity index (χ2n) is 4.84. The van der Waals surface area contributed by atoms with E-state index in [4.69, 9.17) is 25.8 Å². The first-order chi connectivity index (χ1) is 10.2. The van der Waals surface area contributed by atoms with Crippen molar-refractivity contribution in [2.45, 2.75) is 6.42 Å². The van der Waals surface area contributed by atoms with Crippen LogP contribution >= 0.6 is 11.6 Å². The quantitative estimate of drug-likeness (QED) is 0.778. The summed E-state index contributed by atoms with van der Waals surface area (Å²) in [5, 5.41) is 0.508. The Balaban J connectivity index is 2.17. The van der Waals surface area contributed by atoms with Gasteiger partial charge in [0.2, 0.25) is 0 Å². The Morgan fingerprint density at radius 3 is 2.67 bits per heavy atom. The molecule has 1 fully saturated rings. The third kappa shape index (κ3) is 4.09. The van der Waals surface area contributed by atoms with E-state index in [0.717, 1.165) is 44.8 Å². The number of nitrogens with zero attached hydrogens (tertiary/aromatic N) is 1. The van der Waals surface area contributed by atoms with E-state index in [9.17, 15) is 4.79 Å². The van der Waals surface area contributed by atoms with Crippen molar-refractivity contribution in [3.8, 4) is 5.75 Å². The number of carbonyl (C=O) groups is 1. The van der Waals surface area contributed by atoms with Crippen molar-refractivity contribution < 1.29 is 19.0 Å². The van der Waals surface area contributed by atoms with Gasteiger partial charge in [-0.1, -0.05) is 11.6 Å². The second kappa shape index (κ2) is 7.64. The number of halogens is 1. The molecule has 1 saturated heterocycles. The van der Waals surface area contributed by atoms with Gasteiger partial charge in [0.05, 0.1) is 27.4 Å². The van der Waals surface area contributed by atoms with Gasteiger partial charge in [-0.05, 0) is 24.1 Å². The van der Waals surface area contributed by atoms with Gasteiger partial charge < -0.3 is 14.2 Å². The van der Waals surface area contributed by atoms with Crippen LogP contribution in [-0.4, -0.2) is 57.9 Å². The van der Waals surface area contributed by atoms with Crippen molar-refractivity contribution >= 4 is 17.6 Å². The third-order valence-corrected chi connectivity index (χ3v) is 3.76. The second-order valence-corrected chi connectivity index (χ2v) is 5.28. The fourth-order valence-electron chi connectivity index (χ4n) is 2.44. The molecule has 5 nitrogen and oxygen atoms in total. The van der Waals surface area contributed by atoms with E-state index < -0.39 is 5.97 Å². The summed E-state index contributed by atoms with van der Waals surface area (Å²) in [5.74, 6) is 0.0986. The number of morpholine rings is 1. The normalized spacial score (nSPS) is 15.8. The van der Waals surface area contributed by atoms with Crippen LogP contribution in [0.4, 0.5) is 0 Å². The molecule has 0 N–H and O–H groups in total. The van der Waals surface area contributed by atoms with Gasteiger partial charge in [-0.25, -0.2) is 4.79 Å². The maximum atomic E-state index is 11.8. The van der Waals surface area contributed by atoms with Crippen LogP contribution in [0.1, 0.15) is 15.9 Å². The molecule has 0 bridgehead atoms. The predicted octanol–water partition coefficient (Wildman–Crippen LogP) is 2.01. The minimum atomic E-state index is -0.443. The number of esters is 1. The lowest BCUT2D eigenvalue weighted by Crippen LogP contribution is -2.37. The van der Waals surface area contributed by atoms with E-state index in [1.807, 2.05) is 6.07 Å². The van der Waals surface area contributed by atoms with Crippen LogP contribution in [0.25, 0.3) is 0 Å². The average Bonchev–Trinajstić information content (AvgIpc) is 2.52. The zero-order valence-electron chi connectivity index (χ0n) is 12.4. The summed E-state index contributed by atoms with van der Waals surface area (Å²) < 4.78 is 15.5. The van der Waals surface area contributed by atoms with E-state index in [1.165, 1.54) is 7.11 Å². The molecule has 21 heavy (non-hydrogen) atoms. The van der Waals surface area contributed by atoms with E-state index in [1.54, 1.807) is 13.2 Å². The number of methoxy groups -OCH3 is 2. The lowest BCUT2D eigenvalue weighted by atomic mass is 10.1. The van der Waals surface area contributed by atoms with Crippen molar-refractivity contribution in [1.29, 1.82) is 0 Å². The van der Waals surface area contributed by atoms with Crippen molar-refractivity contribution in [3.63, 3.8) is 0 Å². The van der Waals surface area contributed by atoms with E-state index in [2.05, 4.69) is 4.90 Å². The van der Waals surface area contributed by atoms with Crippen LogP contribution in [0.5, 0.6) is 5.75 Å². The summed E-state index contributed by atoms with van der Waals surface area (Å²) in [4.78, 5) is 14.1. The van der Waals surface area contributed by atoms with E-state index in [-0.39, 0.29) is 0 Å². The van der Waals surface area contributed by atoms with Gasteiger partial charge in [0, 0.05) is 24.7 Å². The highest BCUT2D eigenvalue weighted by atomic mass is 35.5. The highest BCUT2D eigenvalue weighted by Crippen LogP contribution is 2.29. The van der Waals surface area contributed by atoms with E-state index in [0.29, 0.717) is 16.3 Å². The first-order valence-corrected chi connectivity index (χ1v) is 7.28. The smallest absolute Gasteiger partial charge is 0.341 e. The molecule has 1 heterocycles. The Morgan fingerprint density at radius 2 is 2.05 bits per heavy atom. The first-order valence-electron chi connectivity index (χ1n) is 6.90. The Bertz CT molecular complexity index is 501. The molecule has 1 aliphatic heterocycles. The van der Waals surface area contributed by atoms with Crippen LogP contribution in [0.3, 0.4) is 0 Å². The number of hydrogen-bond acceptors (Lipinski definition) is 5. The van der Waals surface area contributed by atoms with Crippen LogP contribution < -0.4 is 4.74 Å². The van der Waals surface area contributed by atoms with Gasteiger partial charge in [-0.15, -0.1) is 0 Å². The van der Waals surface area contributed by atoms with Gasteiger partial charge in [0.15, 0.2) is 0 Å². The summed E-state index contributed by atoms with van der Waals surface area (Å²) in [6.07, 6.45) is 0.758. The SMILES string of the molecule is COC(=O)c1cc(Cl)cc(CCN2CCOCC2)c1OC. The summed E-state index contributed by atoms with van der Waals surface area (Å²) in [7, 11) is 2.89. The Labute approximate surface area is 129 Å². The number of benzene rings is 1. The fraction of sp³-hybridized carbons (Fsp3) is 0.533. The highest BCUT2D eigenvalue weighted by Gasteiger charge is 2.19. The molecule has 0 spiro atoms. The minimum absolute atomic E-state index is 0.365. The molecule has 1 aromatic carbocycles. The van der Waals surface area contributed by atoms with Gasteiger partial charge in [-0.2, -0.15) is 0 Å². The highest BCUT2D eigenvalue weighted by molar-refractivity contribution is 6.31. The Morgan fingerprint density at radius 1 is 1.33 bits per heavy atom. The number of hydrogen-bond donors (Lipinski definition) is 0. The molecule has 0 unspecified atom stereocenters. The lowest BCUT2D eigenvalue weighted by Gasteiger charge is -2.26. The molecule has 0 amide bonds. The van der Waals surface area contributed by atoms with Crippen molar-refractivity contribution in [2.75, 3.05) is 47.1 Å². The molecule has 116 valence electrons. The van der Waals surface area contributed by atoms with E-state index >= 15 is 0 Å². The molecule has 1 aliphatic rings. The first kappa shape index (κ1) is 16.1. The van der Waals surface area contributed by atoms with Crippen molar-refractivity contribution in [1.82, 2.24) is 4.90 Å². The fourth-order valence-corrected chi connectivity index (χ4v) is 2.68. The topological polar surface area (TPSA) is 48.0 Å². The molecule has 0 radical (unpaired) electrons. The molecule has 6 heteroatoms. The predicted molar refractivity (Wildman–Crippen MR) is 80.3 cm³/mol. The van der Waals surface area contributed by atoms with Crippen molar-refractivity contribution in [2.24, 2.45) is 0 Å². The molecule has 0 aliphatic carbocycles. The summed E-state index contributed by atoms with van der Waals surface area (Å²) in [5.41, 5.74) is 1.28. The number of ether oxygens (including phenoxy) is 3. The molecule has 1 aromatic rings. The average molecular weight is 314 g/mol. The molecular weight excluding hydrogens is 294 g/mol. The summed E-state index contributed by atoms with van der Waals surface area (Å²) in [6.45, 7) is 4.25.